The minimum Gasteiger partial charge on any atom is -0.398 e. The van der Waals surface area contributed by atoms with Gasteiger partial charge < -0.3 is 10.6 Å². The normalized spacial score (nSPS) is 16.5. The Kier molecular flexibility index (Phi) is 6.61. The summed E-state index contributed by atoms with van der Waals surface area (Å²) in [5.41, 5.74) is 2.72. The van der Waals surface area contributed by atoms with Crippen molar-refractivity contribution in [2.24, 2.45) is 0 Å². The fourth-order valence-electron chi connectivity index (χ4n) is 3.93. The number of nitrogen functional groups attached to an aromatic ring is 1. The van der Waals surface area contributed by atoms with E-state index in [0.717, 1.165) is 6.07 Å². The van der Waals surface area contributed by atoms with Gasteiger partial charge in [0.25, 0.3) is 5.91 Å². The van der Waals surface area contributed by atoms with E-state index in [1.807, 2.05) is 0 Å². The molecule has 0 aromatic heterocycles. The van der Waals surface area contributed by atoms with Crippen LogP contribution in [0.2, 0.25) is 5.02 Å². The molecule has 4 rings (SSSR count). The SMILES string of the molecule is CC1(C)C(=O)N(c2ccc(N)c(C(F)(F)F)c2)C(=O)N1Cc1ccccc1S(=O)c1ccc(Cl)cc1. The summed E-state index contributed by atoms with van der Waals surface area (Å²) in [4.78, 5) is 29.5. The highest BCUT2D eigenvalue weighted by Crippen LogP contribution is 2.39. The Morgan fingerprint density at radius 2 is 1.64 bits per heavy atom. The number of alkyl halides is 3. The highest BCUT2D eigenvalue weighted by atomic mass is 35.5. The molecule has 1 unspecified atom stereocenters. The second kappa shape index (κ2) is 9.25. The van der Waals surface area contributed by atoms with Gasteiger partial charge >= 0.3 is 12.2 Å². The molecular weight excluding hydrogens is 515 g/mol. The van der Waals surface area contributed by atoms with Crippen LogP contribution in [0.3, 0.4) is 0 Å². The minimum absolute atomic E-state index is 0.0926. The molecule has 1 aliphatic heterocycles. The lowest BCUT2D eigenvalue weighted by molar-refractivity contribution is -0.137. The number of benzene rings is 3. The Morgan fingerprint density at radius 1 is 1.00 bits per heavy atom. The highest BCUT2D eigenvalue weighted by molar-refractivity contribution is 7.85. The predicted molar refractivity (Wildman–Crippen MR) is 131 cm³/mol. The van der Waals surface area contributed by atoms with E-state index in [-0.39, 0.29) is 12.2 Å². The number of anilines is 2. The van der Waals surface area contributed by atoms with Gasteiger partial charge in [-0.05, 0) is 67.9 Å². The second-order valence-electron chi connectivity index (χ2n) is 8.67. The van der Waals surface area contributed by atoms with Gasteiger partial charge in [-0.3, -0.25) is 4.79 Å². The van der Waals surface area contributed by atoms with Gasteiger partial charge in [0.05, 0.1) is 22.1 Å². The lowest BCUT2D eigenvalue weighted by Crippen LogP contribution is -2.43. The molecule has 0 saturated carbocycles. The molecule has 188 valence electrons. The summed E-state index contributed by atoms with van der Waals surface area (Å²) in [6.07, 6.45) is -4.76. The zero-order chi connectivity index (χ0) is 26.4. The minimum atomic E-state index is -4.76. The second-order valence-corrected chi connectivity index (χ2v) is 10.6. The van der Waals surface area contributed by atoms with E-state index in [1.54, 1.807) is 48.5 Å². The predicted octanol–water partition coefficient (Wildman–Crippen LogP) is 5.86. The molecule has 3 amide bonds. The summed E-state index contributed by atoms with van der Waals surface area (Å²) in [6, 6.07) is 15.3. The molecule has 11 heteroatoms. The molecule has 1 aliphatic rings. The number of hydrogen-bond acceptors (Lipinski definition) is 4. The third kappa shape index (κ3) is 4.58. The van der Waals surface area contributed by atoms with Crippen LogP contribution in [-0.2, 0) is 28.3 Å². The summed E-state index contributed by atoms with van der Waals surface area (Å²) >= 11 is 5.93. The van der Waals surface area contributed by atoms with E-state index in [4.69, 9.17) is 17.3 Å². The van der Waals surface area contributed by atoms with Crippen molar-refractivity contribution in [3.63, 3.8) is 0 Å². The molecule has 2 N–H and O–H groups in total. The molecular formula is C25H21ClF3N3O3S. The number of imide groups is 1. The quantitative estimate of drug-likeness (QED) is 0.328. The van der Waals surface area contributed by atoms with Crippen molar-refractivity contribution in [3.05, 3.63) is 82.9 Å². The molecule has 3 aromatic carbocycles. The largest absolute Gasteiger partial charge is 0.418 e. The molecule has 1 atom stereocenters. The molecule has 6 nitrogen and oxygen atoms in total. The van der Waals surface area contributed by atoms with E-state index in [0.29, 0.717) is 31.3 Å². The topological polar surface area (TPSA) is 83.7 Å². The molecule has 0 spiro atoms. The standard InChI is InChI=1S/C25H21ClF3N3O3S/c1-24(2)22(33)32(17-9-12-20(30)19(13-17)25(27,28)29)23(34)31(24)14-15-5-3-4-6-21(15)36(35)18-10-7-16(26)8-11-18/h3-13H,14,30H2,1-2H3. The average molecular weight is 536 g/mol. The van der Waals surface area contributed by atoms with E-state index in [1.165, 1.54) is 24.8 Å². The van der Waals surface area contributed by atoms with Gasteiger partial charge in [-0.1, -0.05) is 29.8 Å². The maximum absolute atomic E-state index is 13.4. The van der Waals surface area contributed by atoms with Gasteiger partial charge in [0.1, 0.15) is 5.54 Å². The van der Waals surface area contributed by atoms with Crippen LogP contribution in [0, 0.1) is 0 Å². The van der Waals surface area contributed by atoms with E-state index in [9.17, 15) is 27.0 Å². The van der Waals surface area contributed by atoms with Crippen molar-refractivity contribution in [1.82, 2.24) is 4.90 Å². The van der Waals surface area contributed by atoms with Crippen LogP contribution >= 0.6 is 11.6 Å². The molecule has 36 heavy (non-hydrogen) atoms. The summed E-state index contributed by atoms with van der Waals surface area (Å²) in [5, 5.41) is 0.489. The van der Waals surface area contributed by atoms with Crippen LogP contribution in [0.25, 0.3) is 0 Å². The Balaban J connectivity index is 1.70. The fraction of sp³-hybridized carbons (Fsp3) is 0.200. The first-order valence-corrected chi connectivity index (χ1v) is 12.2. The van der Waals surface area contributed by atoms with Crippen molar-refractivity contribution in [2.75, 3.05) is 10.6 Å². The van der Waals surface area contributed by atoms with E-state index < -0.39 is 45.7 Å². The number of urea groups is 1. The Bertz CT molecular complexity index is 1380. The van der Waals surface area contributed by atoms with Crippen molar-refractivity contribution in [3.8, 4) is 0 Å². The molecule has 1 heterocycles. The van der Waals surface area contributed by atoms with E-state index >= 15 is 0 Å². The molecule has 0 bridgehead atoms. The zero-order valence-corrected chi connectivity index (χ0v) is 20.7. The zero-order valence-electron chi connectivity index (χ0n) is 19.2. The number of nitrogens with zero attached hydrogens (tertiary/aromatic N) is 2. The van der Waals surface area contributed by atoms with Crippen LogP contribution < -0.4 is 10.6 Å². The number of amides is 3. The first-order valence-electron chi connectivity index (χ1n) is 10.7. The number of carbonyl (C=O) groups is 2. The van der Waals surface area contributed by atoms with Crippen LogP contribution in [0.1, 0.15) is 25.0 Å². The smallest absolute Gasteiger partial charge is 0.398 e. The highest BCUT2D eigenvalue weighted by Gasteiger charge is 2.52. The van der Waals surface area contributed by atoms with Gasteiger partial charge in [-0.15, -0.1) is 0 Å². The third-order valence-corrected chi connectivity index (χ3v) is 7.70. The first-order chi connectivity index (χ1) is 16.8. The van der Waals surface area contributed by atoms with Gasteiger partial charge in [0.2, 0.25) is 0 Å². The monoisotopic (exact) mass is 535 g/mol. The fourth-order valence-corrected chi connectivity index (χ4v) is 5.26. The van der Waals surface area contributed by atoms with Crippen molar-refractivity contribution in [1.29, 1.82) is 0 Å². The number of nitrogens with two attached hydrogens (primary N) is 1. The Labute approximate surface area is 212 Å². The van der Waals surface area contributed by atoms with Gasteiger partial charge in [0.15, 0.2) is 0 Å². The van der Waals surface area contributed by atoms with Crippen molar-refractivity contribution in [2.45, 2.75) is 41.9 Å². The average Bonchev–Trinajstić information content (AvgIpc) is 2.98. The number of hydrogen-bond donors (Lipinski definition) is 1. The molecule has 0 radical (unpaired) electrons. The van der Waals surface area contributed by atoms with Gasteiger partial charge in [-0.25, -0.2) is 13.9 Å². The van der Waals surface area contributed by atoms with Crippen LogP contribution in [0.4, 0.5) is 29.3 Å². The lowest BCUT2D eigenvalue weighted by atomic mass is 10.0. The Morgan fingerprint density at radius 3 is 2.28 bits per heavy atom. The number of halogens is 4. The summed E-state index contributed by atoms with van der Waals surface area (Å²) in [6.45, 7) is 2.92. The molecule has 1 saturated heterocycles. The molecule has 3 aromatic rings. The van der Waals surface area contributed by atoms with Gasteiger partial charge in [0, 0.05) is 27.0 Å². The maximum Gasteiger partial charge on any atom is 0.418 e. The lowest BCUT2D eigenvalue weighted by Gasteiger charge is -2.28. The summed E-state index contributed by atoms with van der Waals surface area (Å²) in [5.74, 6) is -0.693. The summed E-state index contributed by atoms with van der Waals surface area (Å²) < 4.78 is 53.5. The molecule has 1 fully saturated rings. The maximum atomic E-state index is 13.4. The third-order valence-electron chi connectivity index (χ3n) is 5.95. The van der Waals surface area contributed by atoms with Crippen LogP contribution in [0.5, 0.6) is 0 Å². The van der Waals surface area contributed by atoms with Gasteiger partial charge in [-0.2, -0.15) is 13.2 Å². The van der Waals surface area contributed by atoms with Crippen molar-refractivity contribution >= 4 is 45.7 Å². The first kappa shape index (κ1) is 25.7. The van der Waals surface area contributed by atoms with Crippen molar-refractivity contribution < 1.29 is 27.0 Å². The van der Waals surface area contributed by atoms with Crippen LogP contribution in [0.15, 0.2) is 76.5 Å². The Hall–Kier alpha value is -3.37. The number of rotatable bonds is 5. The molecule has 0 aliphatic carbocycles. The van der Waals surface area contributed by atoms with Crippen LogP contribution in [-0.4, -0.2) is 26.6 Å². The summed E-state index contributed by atoms with van der Waals surface area (Å²) in [7, 11) is -1.61. The number of carbonyl (C=O) groups excluding carboxylic acids is 2. The van der Waals surface area contributed by atoms with E-state index in [2.05, 4.69) is 0 Å².